The van der Waals surface area contributed by atoms with E-state index in [9.17, 15) is 26.4 Å². The molecular formula is C25H33F3N4O3S. The molecule has 4 rings (SSSR count). The van der Waals surface area contributed by atoms with Gasteiger partial charge in [-0.05, 0) is 69.2 Å². The number of alkyl halides is 3. The molecule has 0 aliphatic carbocycles. The summed E-state index contributed by atoms with van der Waals surface area (Å²) in [6, 6.07) is 3.20. The molecule has 0 spiro atoms. The fourth-order valence-corrected chi connectivity index (χ4v) is 7.03. The number of hydrogen-bond acceptors (Lipinski definition) is 5. The van der Waals surface area contributed by atoms with Gasteiger partial charge in [0.05, 0.1) is 16.0 Å². The van der Waals surface area contributed by atoms with Crippen LogP contribution in [0.2, 0.25) is 0 Å². The number of amides is 1. The molecule has 3 aliphatic rings. The third-order valence-corrected chi connectivity index (χ3v) is 9.28. The maximum atomic E-state index is 13.3. The van der Waals surface area contributed by atoms with Gasteiger partial charge in [-0.15, -0.1) is 0 Å². The standard InChI is InChI=1S/C25H33F3N4O3S/c26-25(27,28)20-7-6-9-22(17-20)36(34,35)32-16-5-2-8-21(32)18-23(33)30-19-24(10-12-29-13-11-24)31-14-3-1-4-15-31/h1,3-4,6-7,9,14,17,21,29H,2,5,8,10-13,15-16,18-19H2,(H,30,33). The number of carbonyl (C=O) groups is 1. The molecule has 1 aromatic rings. The van der Waals surface area contributed by atoms with E-state index in [2.05, 4.69) is 21.6 Å². The predicted molar refractivity (Wildman–Crippen MR) is 130 cm³/mol. The molecular weight excluding hydrogens is 493 g/mol. The highest BCUT2D eigenvalue weighted by Crippen LogP contribution is 2.33. The molecule has 0 saturated carbocycles. The first-order valence-electron chi connectivity index (χ1n) is 12.4. The monoisotopic (exact) mass is 526 g/mol. The van der Waals surface area contributed by atoms with Gasteiger partial charge in [-0.1, -0.05) is 24.6 Å². The summed E-state index contributed by atoms with van der Waals surface area (Å²) in [5.74, 6) is -0.249. The number of hydrogen-bond donors (Lipinski definition) is 2. The second-order valence-electron chi connectivity index (χ2n) is 9.67. The van der Waals surface area contributed by atoms with Crippen molar-refractivity contribution in [2.45, 2.75) is 61.2 Å². The van der Waals surface area contributed by atoms with Crippen molar-refractivity contribution in [2.24, 2.45) is 0 Å². The Hall–Kier alpha value is -2.37. The zero-order valence-electron chi connectivity index (χ0n) is 20.1. The summed E-state index contributed by atoms with van der Waals surface area (Å²) in [6.45, 7) is 3.07. The van der Waals surface area contributed by atoms with E-state index in [1.54, 1.807) is 0 Å². The zero-order valence-corrected chi connectivity index (χ0v) is 21.0. The highest BCUT2D eigenvalue weighted by Gasteiger charge is 2.39. The first-order chi connectivity index (χ1) is 17.1. The van der Waals surface area contributed by atoms with E-state index in [0.717, 1.165) is 51.0 Å². The van der Waals surface area contributed by atoms with Crippen LogP contribution in [0, 0.1) is 0 Å². The second kappa shape index (κ2) is 10.9. The number of carbonyl (C=O) groups excluding carboxylic acids is 1. The average molecular weight is 527 g/mol. The van der Waals surface area contributed by atoms with Gasteiger partial charge in [-0.2, -0.15) is 17.5 Å². The van der Waals surface area contributed by atoms with Crippen molar-refractivity contribution in [1.82, 2.24) is 19.8 Å². The van der Waals surface area contributed by atoms with Crippen LogP contribution in [0.15, 0.2) is 53.6 Å². The van der Waals surface area contributed by atoms with Crippen LogP contribution in [0.5, 0.6) is 0 Å². The Morgan fingerprint density at radius 2 is 1.94 bits per heavy atom. The number of allylic oxidation sites excluding steroid dienone is 2. The molecule has 2 saturated heterocycles. The van der Waals surface area contributed by atoms with E-state index in [0.29, 0.717) is 25.5 Å². The molecule has 2 N–H and O–H groups in total. The van der Waals surface area contributed by atoms with Crippen molar-refractivity contribution in [3.63, 3.8) is 0 Å². The van der Waals surface area contributed by atoms with Crippen LogP contribution in [-0.4, -0.2) is 67.8 Å². The maximum Gasteiger partial charge on any atom is 0.416 e. The summed E-state index contributed by atoms with van der Waals surface area (Å²) in [5, 5.41) is 6.40. The number of piperidine rings is 2. The molecule has 2 fully saturated rings. The van der Waals surface area contributed by atoms with Crippen molar-refractivity contribution in [3.05, 3.63) is 54.3 Å². The molecule has 3 heterocycles. The zero-order chi connectivity index (χ0) is 25.8. The van der Waals surface area contributed by atoms with E-state index in [-0.39, 0.29) is 24.4 Å². The molecule has 7 nitrogen and oxygen atoms in total. The fourth-order valence-electron chi connectivity index (χ4n) is 5.29. The Kier molecular flexibility index (Phi) is 8.11. The van der Waals surface area contributed by atoms with Crippen LogP contribution < -0.4 is 10.6 Å². The Labute approximate surface area is 210 Å². The summed E-state index contributed by atoms with van der Waals surface area (Å²) in [4.78, 5) is 14.9. The Morgan fingerprint density at radius 1 is 1.17 bits per heavy atom. The van der Waals surface area contributed by atoms with Crippen molar-refractivity contribution in [2.75, 3.05) is 32.7 Å². The second-order valence-corrected chi connectivity index (χ2v) is 11.6. The smallest absolute Gasteiger partial charge is 0.366 e. The molecule has 11 heteroatoms. The van der Waals surface area contributed by atoms with Crippen molar-refractivity contribution in [1.29, 1.82) is 0 Å². The largest absolute Gasteiger partial charge is 0.416 e. The molecule has 0 bridgehead atoms. The highest BCUT2D eigenvalue weighted by atomic mass is 32.2. The minimum Gasteiger partial charge on any atom is -0.366 e. The third kappa shape index (κ3) is 5.95. The lowest BCUT2D eigenvalue weighted by atomic mass is 9.85. The van der Waals surface area contributed by atoms with E-state index in [1.165, 1.54) is 10.4 Å². The van der Waals surface area contributed by atoms with Crippen LogP contribution in [0.1, 0.15) is 44.1 Å². The van der Waals surface area contributed by atoms with Crippen LogP contribution in [0.3, 0.4) is 0 Å². The number of rotatable bonds is 7. The first-order valence-corrected chi connectivity index (χ1v) is 13.8. The van der Waals surface area contributed by atoms with Gasteiger partial charge in [0, 0.05) is 32.1 Å². The highest BCUT2D eigenvalue weighted by molar-refractivity contribution is 7.89. The summed E-state index contributed by atoms with van der Waals surface area (Å²) in [5.41, 5.74) is -1.23. The van der Waals surface area contributed by atoms with Crippen LogP contribution in [0.25, 0.3) is 0 Å². The van der Waals surface area contributed by atoms with Crippen molar-refractivity contribution < 1.29 is 26.4 Å². The Balaban J connectivity index is 1.45. The van der Waals surface area contributed by atoms with Crippen molar-refractivity contribution >= 4 is 15.9 Å². The van der Waals surface area contributed by atoms with Gasteiger partial charge in [0.2, 0.25) is 15.9 Å². The summed E-state index contributed by atoms with van der Waals surface area (Å²) >= 11 is 0. The number of nitrogens with zero attached hydrogens (tertiary/aromatic N) is 2. The third-order valence-electron chi connectivity index (χ3n) is 7.34. The number of sulfonamides is 1. The fraction of sp³-hybridized carbons (Fsp3) is 0.560. The maximum absolute atomic E-state index is 13.3. The van der Waals surface area contributed by atoms with E-state index < -0.39 is 32.7 Å². The quantitative estimate of drug-likeness (QED) is 0.570. The van der Waals surface area contributed by atoms with Crippen molar-refractivity contribution in [3.8, 4) is 0 Å². The molecule has 3 aliphatic heterocycles. The van der Waals surface area contributed by atoms with Gasteiger partial charge in [0.25, 0.3) is 0 Å². The van der Waals surface area contributed by atoms with Crippen LogP contribution in [0.4, 0.5) is 13.2 Å². The van der Waals surface area contributed by atoms with Gasteiger partial charge in [-0.3, -0.25) is 4.79 Å². The summed E-state index contributed by atoms with van der Waals surface area (Å²) in [6.07, 6.45) is 7.00. The normalized spacial score (nSPS) is 23.0. The molecule has 198 valence electrons. The van der Waals surface area contributed by atoms with Gasteiger partial charge < -0.3 is 15.5 Å². The molecule has 1 aromatic carbocycles. The summed E-state index contributed by atoms with van der Waals surface area (Å²) < 4.78 is 67.4. The van der Waals surface area contributed by atoms with Gasteiger partial charge >= 0.3 is 6.18 Å². The number of nitrogens with one attached hydrogen (secondary N) is 2. The molecule has 0 radical (unpaired) electrons. The van der Waals surface area contributed by atoms with Gasteiger partial charge in [-0.25, -0.2) is 8.42 Å². The SMILES string of the molecule is O=C(CC1CCCCN1S(=O)(=O)c1cccc(C(F)(F)F)c1)NCC1(N2C=CC=CC2)CCNCC1. The average Bonchev–Trinajstić information content (AvgIpc) is 2.88. The van der Waals surface area contributed by atoms with E-state index in [4.69, 9.17) is 0 Å². The minimum atomic E-state index is -4.64. The summed E-state index contributed by atoms with van der Waals surface area (Å²) in [7, 11) is -4.18. The Bertz CT molecular complexity index is 1100. The topological polar surface area (TPSA) is 81.8 Å². The van der Waals surface area contributed by atoms with Gasteiger partial charge in [0.1, 0.15) is 0 Å². The lowest BCUT2D eigenvalue weighted by Crippen LogP contribution is -2.59. The number of halogens is 3. The molecule has 1 amide bonds. The van der Waals surface area contributed by atoms with Crippen LogP contribution >= 0.6 is 0 Å². The van der Waals surface area contributed by atoms with E-state index >= 15 is 0 Å². The van der Waals surface area contributed by atoms with E-state index in [1.807, 2.05) is 18.4 Å². The lowest BCUT2D eigenvalue weighted by molar-refractivity contribution is -0.137. The molecule has 0 aromatic heterocycles. The predicted octanol–water partition coefficient (Wildman–Crippen LogP) is 3.26. The molecule has 1 atom stereocenters. The number of benzene rings is 1. The van der Waals surface area contributed by atoms with Crippen LogP contribution in [-0.2, 0) is 21.0 Å². The Morgan fingerprint density at radius 3 is 2.64 bits per heavy atom. The molecule has 36 heavy (non-hydrogen) atoms. The first kappa shape index (κ1) is 26.7. The minimum absolute atomic E-state index is 0.0255. The molecule has 1 unspecified atom stereocenters. The lowest BCUT2D eigenvalue weighted by Gasteiger charge is -2.47. The van der Waals surface area contributed by atoms with Gasteiger partial charge in [0.15, 0.2) is 0 Å².